The van der Waals surface area contributed by atoms with Crippen LogP contribution in [0.2, 0.25) is 0 Å². The predicted molar refractivity (Wildman–Crippen MR) is 99.9 cm³/mol. The molecule has 25 heavy (non-hydrogen) atoms. The van der Waals surface area contributed by atoms with Crippen LogP contribution in [0.4, 0.5) is 0 Å². The highest BCUT2D eigenvalue weighted by Gasteiger charge is 2.74. The number of rotatable bonds is 2. The molecule has 2 nitrogen and oxygen atoms in total. The molecule has 0 aromatic heterocycles. The van der Waals surface area contributed by atoms with Gasteiger partial charge in [0.05, 0.1) is 19.0 Å². The van der Waals surface area contributed by atoms with Crippen LogP contribution in [0.15, 0.2) is 23.0 Å². The summed E-state index contributed by atoms with van der Waals surface area (Å²) in [7, 11) is 1.82. The Kier molecular flexibility index (Phi) is 3.38. The predicted octanol–water partition coefficient (Wildman–Crippen LogP) is 5.37. The fraction of sp³-hybridized carbons (Fsp3) is 0.826. The number of hydrogen-bond donors (Lipinski definition) is 1. The summed E-state index contributed by atoms with van der Waals surface area (Å²) in [5, 5.41) is 10.7. The van der Waals surface area contributed by atoms with Crippen molar-refractivity contribution < 1.29 is 9.84 Å². The van der Waals surface area contributed by atoms with Crippen LogP contribution in [-0.2, 0) is 4.74 Å². The van der Waals surface area contributed by atoms with Crippen molar-refractivity contribution in [2.45, 2.75) is 84.2 Å². The molecule has 3 fully saturated rings. The van der Waals surface area contributed by atoms with Gasteiger partial charge in [0, 0.05) is 11.8 Å². The Morgan fingerprint density at radius 1 is 1.16 bits per heavy atom. The zero-order valence-electron chi connectivity index (χ0n) is 16.2. The monoisotopic (exact) mass is 342 g/mol. The van der Waals surface area contributed by atoms with Crippen LogP contribution in [0.1, 0.15) is 78.1 Å². The molecular weight excluding hydrogens is 308 g/mol. The second kappa shape index (κ2) is 5.15. The van der Waals surface area contributed by atoms with Crippen molar-refractivity contribution in [2.75, 3.05) is 7.11 Å². The lowest BCUT2D eigenvalue weighted by atomic mass is 9.46. The van der Waals surface area contributed by atoms with Crippen LogP contribution < -0.4 is 0 Å². The number of ether oxygens (including phenoxy) is 1. The van der Waals surface area contributed by atoms with Crippen molar-refractivity contribution in [3.8, 4) is 0 Å². The molecular formula is C23H34O2. The Hall–Kier alpha value is -0.760. The lowest BCUT2D eigenvalue weighted by Crippen LogP contribution is -2.52. The summed E-state index contributed by atoms with van der Waals surface area (Å²) in [6.07, 6.45) is 15.0. The van der Waals surface area contributed by atoms with Crippen LogP contribution in [0.3, 0.4) is 0 Å². The Bertz CT molecular complexity index is 647. The Morgan fingerprint density at radius 3 is 2.60 bits per heavy atom. The molecule has 0 heterocycles. The smallest absolute Gasteiger partial charge is 0.0959 e. The number of fused-ring (bicyclic) bond motifs is 2. The standard InChI is InChI=1S/C23H34O2/c1-15(24)22-10-12-23(13-11-22)20-7-4-16-14-17(25-3)5-6-18(16)19(20)8-9-21(22,23)2/h5,15,19-20,24H,4,6-14H2,1-3H3/t15?,19-,20-,21-,22?,23?/m1/s1. The first-order chi connectivity index (χ1) is 12.0. The van der Waals surface area contributed by atoms with Crippen molar-refractivity contribution in [2.24, 2.45) is 28.1 Å². The highest BCUT2D eigenvalue weighted by Crippen LogP contribution is 2.81. The Balaban J connectivity index is 1.52. The summed E-state index contributed by atoms with van der Waals surface area (Å²) < 4.78 is 5.55. The van der Waals surface area contributed by atoms with E-state index < -0.39 is 0 Å². The second-order valence-corrected chi connectivity index (χ2v) is 9.99. The van der Waals surface area contributed by atoms with E-state index in [9.17, 15) is 5.11 Å². The number of methoxy groups -OCH3 is 1. The minimum atomic E-state index is -0.140. The lowest BCUT2D eigenvalue weighted by molar-refractivity contribution is -0.0996. The van der Waals surface area contributed by atoms with Gasteiger partial charge in [0.15, 0.2) is 0 Å². The minimum Gasteiger partial charge on any atom is -0.501 e. The maximum absolute atomic E-state index is 10.7. The van der Waals surface area contributed by atoms with Gasteiger partial charge >= 0.3 is 0 Å². The molecule has 2 bridgehead atoms. The molecule has 0 saturated heterocycles. The summed E-state index contributed by atoms with van der Waals surface area (Å²) in [6, 6.07) is 0. The number of allylic oxidation sites excluding steroid dienone is 3. The third-order valence-electron chi connectivity index (χ3n) is 10.0. The van der Waals surface area contributed by atoms with Crippen LogP contribution in [-0.4, -0.2) is 18.3 Å². The van der Waals surface area contributed by atoms with Gasteiger partial charge in [-0.15, -0.1) is 0 Å². The van der Waals surface area contributed by atoms with Gasteiger partial charge in [-0.2, -0.15) is 0 Å². The molecule has 4 atom stereocenters. The number of aliphatic hydroxyl groups is 1. The fourth-order valence-electron chi connectivity index (χ4n) is 8.74. The van der Waals surface area contributed by atoms with Crippen LogP contribution >= 0.6 is 0 Å². The molecule has 3 saturated carbocycles. The molecule has 0 aliphatic heterocycles. The van der Waals surface area contributed by atoms with Gasteiger partial charge in [-0.05, 0) is 93.5 Å². The van der Waals surface area contributed by atoms with Crippen molar-refractivity contribution in [3.63, 3.8) is 0 Å². The third kappa shape index (κ3) is 1.76. The summed E-state index contributed by atoms with van der Waals surface area (Å²) in [4.78, 5) is 0. The molecule has 5 aliphatic rings. The molecule has 5 rings (SSSR count). The zero-order valence-corrected chi connectivity index (χ0v) is 16.2. The fourth-order valence-corrected chi connectivity index (χ4v) is 8.74. The second-order valence-electron chi connectivity index (χ2n) is 9.99. The van der Waals surface area contributed by atoms with E-state index in [-0.39, 0.29) is 11.5 Å². The highest BCUT2D eigenvalue weighted by molar-refractivity contribution is 5.35. The van der Waals surface area contributed by atoms with Gasteiger partial charge in [0.1, 0.15) is 0 Å². The number of aliphatic hydroxyl groups excluding tert-OH is 1. The van der Waals surface area contributed by atoms with Crippen molar-refractivity contribution >= 4 is 0 Å². The van der Waals surface area contributed by atoms with Gasteiger partial charge in [0.2, 0.25) is 0 Å². The first kappa shape index (κ1) is 16.4. The summed E-state index contributed by atoms with van der Waals surface area (Å²) in [5.74, 6) is 2.87. The van der Waals surface area contributed by atoms with E-state index in [0.29, 0.717) is 10.8 Å². The van der Waals surface area contributed by atoms with Crippen LogP contribution in [0.25, 0.3) is 0 Å². The van der Waals surface area contributed by atoms with E-state index in [0.717, 1.165) is 24.7 Å². The SMILES string of the molecule is COC1=CCC2=C(CC[C@@H]3[C@@H]2CC[C@]2(C)C4(C(C)O)CCC32CC4)C1. The zero-order chi connectivity index (χ0) is 17.4. The molecule has 0 radical (unpaired) electrons. The first-order valence-electron chi connectivity index (χ1n) is 10.6. The quantitative estimate of drug-likeness (QED) is 0.683. The molecule has 1 N–H and O–H groups in total. The van der Waals surface area contributed by atoms with E-state index in [2.05, 4.69) is 19.9 Å². The van der Waals surface area contributed by atoms with Crippen molar-refractivity contribution in [1.29, 1.82) is 0 Å². The van der Waals surface area contributed by atoms with E-state index >= 15 is 0 Å². The molecule has 138 valence electrons. The molecule has 0 aromatic rings. The number of hydrogen-bond acceptors (Lipinski definition) is 2. The third-order valence-corrected chi connectivity index (χ3v) is 10.0. The van der Waals surface area contributed by atoms with Crippen LogP contribution in [0, 0.1) is 28.1 Å². The van der Waals surface area contributed by atoms with E-state index in [1.165, 1.54) is 57.1 Å². The average molecular weight is 343 g/mol. The van der Waals surface area contributed by atoms with Crippen LogP contribution in [0.5, 0.6) is 0 Å². The van der Waals surface area contributed by atoms with Crippen molar-refractivity contribution in [1.82, 2.24) is 0 Å². The van der Waals surface area contributed by atoms with E-state index in [4.69, 9.17) is 4.74 Å². The van der Waals surface area contributed by atoms with Gasteiger partial charge in [-0.25, -0.2) is 0 Å². The topological polar surface area (TPSA) is 29.5 Å². The molecule has 0 spiro atoms. The Morgan fingerprint density at radius 2 is 1.92 bits per heavy atom. The first-order valence-corrected chi connectivity index (χ1v) is 10.6. The summed E-state index contributed by atoms with van der Waals surface area (Å²) >= 11 is 0. The Labute approximate surface area is 152 Å². The summed E-state index contributed by atoms with van der Waals surface area (Å²) in [5.41, 5.74) is 4.59. The lowest BCUT2D eigenvalue weighted by Gasteiger charge is -2.58. The molecule has 5 aliphatic carbocycles. The van der Waals surface area contributed by atoms with Gasteiger partial charge in [-0.3, -0.25) is 0 Å². The summed E-state index contributed by atoms with van der Waals surface area (Å²) in [6.45, 7) is 4.65. The molecule has 1 unspecified atom stereocenters. The van der Waals surface area contributed by atoms with Gasteiger partial charge in [0.25, 0.3) is 0 Å². The maximum Gasteiger partial charge on any atom is 0.0959 e. The maximum atomic E-state index is 10.7. The van der Waals surface area contributed by atoms with Gasteiger partial charge < -0.3 is 9.84 Å². The normalized spacial score (nSPS) is 49.2. The van der Waals surface area contributed by atoms with Crippen molar-refractivity contribution in [3.05, 3.63) is 23.0 Å². The molecule has 0 aromatic carbocycles. The van der Waals surface area contributed by atoms with Gasteiger partial charge in [-0.1, -0.05) is 18.1 Å². The highest BCUT2D eigenvalue weighted by atomic mass is 16.5. The largest absolute Gasteiger partial charge is 0.501 e. The minimum absolute atomic E-state index is 0.140. The average Bonchev–Trinajstić information content (AvgIpc) is 3.06. The van der Waals surface area contributed by atoms with E-state index in [1.807, 2.05) is 7.11 Å². The molecule has 2 heteroatoms. The molecule has 0 amide bonds. The van der Waals surface area contributed by atoms with E-state index in [1.54, 1.807) is 11.1 Å².